The summed E-state index contributed by atoms with van der Waals surface area (Å²) in [5.41, 5.74) is 1.19. The van der Waals surface area contributed by atoms with Crippen LogP contribution in [-0.4, -0.2) is 18.8 Å². The quantitative estimate of drug-likeness (QED) is 0.778. The highest BCUT2D eigenvalue weighted by Gasteiger charge is 2.10. The maximum absolute atomic E-state index is 9.24. The van der Waals surface area contributed by atoms with E-state index in [4.69, 9.17) is 4.74 Å². The van der Waals surface area contributed by atoms with E-state index < -0.39 is 0 Å². The van der Waals surface area contributed by atoms with E-state index in [0.717, 1.165) is 25.0 Å². The van der Waals surface area contributed by atoms with Gasteiger partial charge in [-0.1, -0.05) is 31.5 Å². The summed E-state index contributed by atoms with van der Waals surface area (Å²) in [4.78, 5) is 0. The molecule has 0 fully saturated rings. The average Bonchev–Trinajstić information content (AvgIpc) is 2.29. The van der Waals surface area contributed by atoms with Gasteiger partial charge < -0.3 is 9.84 Å². The van der Waals surface area contributed by atoms with Crippen LogP contribution >= 0.6 is 0 Å². The van der Waals surface area contributed by atoms with Crippen LogP contribution in [0.3, 0.4) is 0 Å². The standard InChI is InChI=1S/C13H20O2/c1-3-6-11(10-14)9-12-7-4-5-8-13(12)15-2/h4-5,7-8,11,14H,3,6,9-10H2,1-2H3. The molecule has 2 heteroatoms. The Morgan fingerprint density at radius 3 is 2.67 bits per heavy atom. The second-order valence-electron chi connectivity index (χ2n) is 3.85. The van der Waals surface area contributed by atoms with Crippen LogP contribution in [-0.2, 0) is 6.42 Å². The van der Waals surface area contributed by atoms with Gasteiger partial charge in [0.2, 0.25) is 0 Å². The van der Waals surface area contributed by atoms with Crippen LogP contribution in [0.2, 0.25) is 0 Å². The zero-order valence-corrected chi connectivity index (χ0v) is 9.57. The van der Waals surface area contributed by atoms with Crippen molar-refractivity contribution in [2.24, 2.45) is 5.92 Å². The molecule has 84 valence electrons. The first-order valence-electron chi connectivity index (χ1n) is 5.54. The molecule has 15 heavy (non-hydrogen) atoms. The molecule has 0 aliphatic heterocycles. The first-order chi connectivity index (χ1) is 7.31. The van der Waals surface area contributed by atoms with Gasteiger partial charge in [-0.05, 0) is 30.4 Å². The van der Waals surface area contributed by atoms with Crippen molar-refractivity contribution in [1.82, 2.24) is 0 Å². The van der Waals surface area contributed by atoms with E-state index in [-0.39, 0.29) is 6.61 Å². The van der Waals surface area contributed by atoms with Crippen molar-refractivity contribution in [3.63, 3.8) is 0 Å². The molecule has 1 aromatic carbocycles. The van der Waals surface area contributed by atoms with Gasteiger partial charge in [0.25, 0.3) is 0 Å². The molecule has 0 aliphatic rings. The lowest BCUT2D eigenvalue weighted by Crippen LogP contribution is -2.10. The predicted octanol–water partition coefficient (Wildman–Crippen LogP) is 2.65. The fourth-order valence-corrected chi connectivity index (χ4v) is 1.85. The number of ether oxygens (including phenoxy) is 1. The van der Waals surface area contributed by atoms with Crippen molar-refractivity contribution in [3.05, 3.63) is 29.8 Å². The van der Waals surface area contributed by atoms with E-state index in [1.165, 1.54) is 5.56 Å². The largest absolute Gasteiger partial charge is 0.496 e. The van der Waals surface area contributed by atoms with E-state index in [0.29, 0.717) is 5.92 Å². The second kappa shape index (κ2) is 6.46. The third kappa shape index (κ3) is 3.56. The molecule has 0 bridgehead atoms. The average molecular weight is 208 g/mol. The number of hydrogen-bond acceptors (Lipinski definition) is 2. The van der Waals surface area contributed by atoms with Crippen LogP contribution < -0.4 is 4.74 Å². The number of methoxy groups -OCH3 is 1. The van der Waals surface area contributed by atoms with E-state index in [1.807, 2.05) is 18.2 Å². The zero-order valence-electron chi connectivity index (χ0n) is 9.57. The fourth-order valence-electron chi connectivity index (χ4n) is 1.85. The molecule has 1 aromatic rings. The summed E-state index contributed by atoms with van der Waals surface area (Å²) in [5, 5.41) is 9.24. The molecule has 0 heterocycles. The number of benzene rings is 1. The Labute approximate surface area is 91.9 Å². The summed E-state index contributed by atoms with van der Waals surface area (Å²) in [6, 6.07) is 8.02. The fraction of sp³-hybridized carbons (Fsp3) is 0.538. The zero-order chi connectivity index (χ0) is 11.1. The molecular formula is C13H20O2. The van der Waals surface area contributed by atoms with Crippen LogP contribution in [0.25, 0.3) is 0 Å². The maximum Gasteiger partial charge on any atom is 0.122 e. The first-order valence-corrected chi connectivity index (χ1v) is 5.54. The Bertz CT molecular complexity index is 284. The Morgan fingerprint density at radius 1 is 1.33 bits per heavy atom. The van der Waals surface area contributed by atoms with Gasteiger partial charge >= 0.3 is 0 Å². The summed E-state index contributed by atoms with van der Waals surface area (Å²) >= 11 is 0. The van der Waals surface area contributed by atoms with E-state index in [1.54, 1.807) is 7.11 Å². The summed E-state index contributed by atoms with van der Waals surface area (Å²) in [6.45, 7) is 2.40. The third-order valence-electron chi connectivity index (χ3n) is 2.66. The third-order valence-corrected chi connectivity index (χ3v) is 2.66. The lowest BCUT2D eigenvalue weighted by atomic mass is 9.95. The molecule has 0 saturated carbocycles. The minimum Gasteiger partial charge on any atom is -0.496 e. The second-order valence-corrected chi connectivity index (χ2v) is 3.85. The number of rotatable bonds is 6. The van der Waals surface area contributed by atoms with Gasteiger partial charge in [0.15, 0.2) is 0 Å². The van der Waals surface area contributed by atoms with E-state index >= 15 is 0 Å². The van der Waals surface area contributed by atoms with Crippen LogP contribution in [0.15, 0.2) is 24.3 Å². The van der Waals surface area contributed by atoms with Crippen LogP contribution in [0.1, 0.15) is 25.3 Å². The molecule has 1 rings (SSSR count). The Balaban J connectivity index is 2.69. The van der Waals surface area contributed by atoms with Crippen molar-refractivity contribution in [3.8, 4) is 5.75 Å². The van der Waals surface area contributed by atoms with Crippen molar-refractivity contribution in [2.75, 3.05) is 13.7 Å². The highest BCUT2D eigenvalue weighted by molar-refractivity contribution is 5.33. The van der Waals surface area contributed by atoms with Crippen LogP contribution in [0, 0.1) is 5.92 Å². The van der Waals surface area contributed by atoms with Gasteiger partial charge in [0.05, 0.1) is 7.11 Å². The summed E-state index contributed by atoms with van der Waals surface area (Å²) in [7, 11) is 1.69. The molecule has 1 atom stereocenters. The Kier molecular flexibility index (Phi) is 5.19. The minimum atomic E-state index is 0.256. The highest BCUT2D eigenvalue weighted by atomic mass is 16.5. The number of hydrogen-bond donors (Lipinski definition) is 1. The molecule has 0 saturated heterocycles. The van der Waals surface area contributed by atoms with E-state index in [2.05, 4.69) is 13.0 Å². The lowest BCUT2D eigenvalue weighted by molar-refractivity contribution is 0.216. The molecule has 2 nitrogen and oxygen atoms in total. The first kappa shape index (κ1) is 12.1. The van der Waals surface area contributed by atoms with E-state index in [9.17, 15) is 5.11 Å². The van der Waals surface area contributed by atoms with Gasteiger partial charge in [-0.2, -0.15) is 0 Å². The molecule has 0 spiro atoms. The van der Waals surface area contributed by atoms with Crippen LogP contribution in [0.5, 0.6) is 5.75 Å². The van der Waals surface area contributed by atoms with Crippen molar-refractivity contribution in [1.29, 1.82) is 0 Å². The molecule has 0 amide bonds. The normalized spacial score (nSPS) is 12.5. The summed E-state index contributed by atoms with van der Waals surface area (Å²) in [6.07, 6.45) is 3.07. The van der Waals surface area contributed by atoms with Gasteiger partial charge in [-0.25, -0.2) is 0 Å². The minimum absolute atomic E-state index is 0.256. The summed E-state index contributed by atoms with van der Waals surface area (Å²) < 4.78 is 5.29. The number of aliphatic hydroxyl groups is 1. The maximum atomic E-state index is 9.24. The molecule has 1 unspecified atom stereocenters. The Morgan fingerprint density at radius 2 is 2.07 bits per heavy atom. The van der Waals surface area contributed by atoms with Crippen LogP contribution in [0.4, 0.5) is 0 Å². The van der Waals surface area contributed by atoms with Gasteiger partial charge in [0.1, 0.15) is 5.75 Å². The highest BCUT2D eigenvalue weighted by Crippen LogP contribution is 2.22. The SMILES string of the molecule is CCCC(CO)Cc1ccccc1OC. The van der Waals surface area contributed by atoms with Gasteiger partial charge in [-0.3, -0.25) is 0 Å². The predicted molar refractivity (Wildman–Crippen MR) is 62.2 cm³/mol. The molecule has 0 aromatic heterocycles. The smallest absolute Gasteiger partial charge is 0.122 e. The molecular weight excluding hydrogens is 188 g/mol. The summed E-state index contributed by atoms with van der Waals surface area (Å²) in [5.74, 6) is 1.28. The van der Waals surface area contributed by atoms with Crippen molar-refractivity contribution >= 4 is 0 Å². The van der Waals surface area contributed by atoms with Crippen molar-refractivity contribution in [2.45, 2.75) is 26.2 Å². The molecule has 1 N–H and O–H groups in total. The molecule has 0 aliphatic carbocycles. The lowest BCUT2D eigenvalue weighted by Gasteiger charge is -2.15. The van der Waals surface area contributed by atoms with Gasteiger partial charge in [0, 0.05) is 6.61 Å². The number of aliphatic hydroxyl groups excluding tert-OH is 1. The molecule has 0 radical (unpaired) electrons. The monoisotopic (exact) mass is 208 g/mol. The van der Waals surface area contributed by atoms with Crippen molar-refractivity contribution < 1.29 is 9.84 Å². The topological polar surface area (TPSA) is 29.5 Å². The Hall–Kier alpha value is -1.02. The van der Waals surface area contributed by atoms with Gasteiger partial charge in [-0.15, -0.1) is 0 Å². The number of para-hydroxylation sites is 1.